The van der Waals surface area contributed by atoms with Crippen molar-refractivity contribution in [3.8, 4) is 0 Å². The van der Waals surface area contributed by atoms with E-state index in [1.165, 1.54) is 37.7 Å². The third-order valence-electron chi connectivity index (χ3n) is 6.70. The predicted molar refractivity (Wildman–Crippen MR) is 146 cm³/mol. The van der Waals surface area contributed by atoms with Gasteiger partial charge in [-0.3, -0.25) is 9.59 Å². The number of aliphatic carboxylic acids is 1. The number of carboxylic acid groups (broad SMARTS) is 1. The van der Waals surface area contributed by atoms with E-state index in [0.29, 0.717) is 32.1 Å². The first-order valence-electron chi connectivity index (χ1n) is 13.9. The molecule has 0 bridgehead atoms. The van der Waals surface area contributed by atoms with Crippen molar-refractivity contribution in [1.29, 1.82) is 0 Å². The minimum atomic E-state index is -1.30. The van der Waals surface area contributed by atoms with Gasteiger partial charge >= 0.3 is 5.97 Å². The van der Waals surface area contributed by atoms with E-state index in [9.17, 15) is 24.3 Å². The summed E-state index contributed by atoms with van der Waals surface area (Å²) in [6.45, 7) is 0.487. The Morgan fingerprint density at radius 1 is 0.865 bits per heavy atom. The van der Waals surface area contributed by atoms with Crippen LogP contribution in [-0.4, -0.2) is 47.7 Å². The molecule has 1 aromatic carbocycles. The predicted octanol–water partition coefficient (Wildman–Crippen LogP) is 3.93. The average Bonchev–Trinajstić information content (AvgIpc) is 2.89. The molecule has 0 radical (unpaired) electrons. The normalized spacial score (nSPS) is 13.5. The van der Waals surface area contributed by atoms with Crippen LogP contribution in [0.25, 0.3) is 0 Å². The number of hydrogen-bond acceptors (Lipinski definition) is 6. The zero-order valence-electron chi connectivity index (χ0n) is 22.2. The first-order valence-corrected chi connectivity index (χ1v) is 13.9. The van der Waals surface area contributed by atoms with Crippen molar-refractivity contribution in [3.63, 3.8) is 0 Å². The molecule has 8 nitrogen and oxygen atoms in total. The number of nitrogens with one attached hydrogen (secondary N) is 1. The number of carbonyl (C=O) groups is 4. The van der Waals surface area contributed by atoms with Crippen LogP contribution in [-0.2, 0) is 25.6 Å². The maximum Gasteiger partial charge on any atom is 0.326 e. The largest absolute Gasteiger partial charge is 0.480 e. The first-order chi connectivity index (χ1) is 17.9. The van der Waals surface area contributed by atoms with Gasteiger partial charge in [0.1, 0.15) is 12.3 Å². The van der Waals surface area contributed by atoms with Crippen LogP contribution in [0.2, 0.25) is 0 Å². The number of benzene rings is 1. The Morgan fingerprint density at radius 2 is 1.46 bits per heavy atom. The van der Waals surface area contributed by atoms with E-state index in [0.717, 1.165) is 32.1 Å². The monoisotopic (exact) mass is 517 g/mol. The highest BCUT2D eigenvalue weighted by Gasteiger charge is 2.30. The molecule has 0 heterocycles. The van der Waals surface area contributed by atoms with Gasteiger partial charge < -0.3 is 26.7 Å². The number of amides is 1. The highest BCUT2D eigenvalue weighted by molar-refractivity contribution is 5.97. The van der Waals surface area contributed by atoms with E-state index >= 15 is 0 Å². The van der Waals surface area contributed by atoms with Gasteiger partial charge in [-0.05, 0) is 50.6 Å². The van der Waals surface area contributed by atoms with Crippen molar-refractivity contribution in [2.75, 3.05) is 6.54 Å². The fourth-order valence-corrected chi connectivity index (χ4v) is 4.40. The Balaban J connectivity index is 2.17. The molecule has 0 aliphatic rings. The molecule has 8 heteroatoms. The lowest BCUT2D eigenvalue weighted by Gasteiger charge is -2.20. The minimum Gasteiger partial charge on any atom is -0.480 e. The van der Waals surface area contributed by atoms with Crippen LogP contribution in [0.4, 0.5) is 0 Å². The van der Waals surface area contributed by atoms with Gasteiger partial charge in [-0.25, -0.2) is 4.79 Å². The second-order valence-electron chi connectivity index (χ2n) is 9.90. The van der Waals surface area contributed by atoms with Crippen LogP contribution in [0.15, 0.2) is 30.3 Å². The van der Waals surface area contributed by atoms with E-state index in [-0.39, 0.29) is 18.7 Å². The highest BCUT2D eigenvalue weighted by Crippen LogP contribution is 2.14. The number of hydrogen-bond donors (Lipinski definition) is 4. The zero-order valence-corrected chi connectivity index (χ0v) is 22.2. The smallest absolute Gasteiger partial charge is 0.326 e. The molecule has 37 heavy (non-hydrogen) atoms. The summed E-state index contributed by atoms with van der Waals surface area (Å²) in [6, 6.07) is 8.41. The molecule has 1 rings (SSSR count). The Labute approximate surface area is 221 Å². The van der Waals surface area contributed by atoms with Gasteiger partial charge in [0.05, 0.1) is 12.0 Å². The summed E-state index contributed by atoms with van der Waals surface area (Å²) >= 11 is 0. The molecule has 0 saturated carbocycles. The van der Waals surface area contributed by atoms with Crippen molar-refractivity contribution < 1.29 is 24.3 Å². The summed E-state index contributed by atoms with van der Waals surface area (Å²) < 4.78 is 0. The van der Waals surface area contributed by atoms with E-state index in [4.69, 9.17) is 11.5 Å². The van der Waals surface area contributed by atoms with Crippen LogP contribution >= 0.6 is 0 Å². The summed E-state index contributed by atoms with van der Waals surface area (Å²) in [5.41, 5.74) is 12.7. The zero-order chi connectivity index (χ0) is 27.3. The maximum atomic E-state index is 12.4. The average molecular weight is 518 g/mol. The fraction of sp³-hybridized carbons (Fsp3) is 0.655. The molecule has 0 saturated heterocycles. The van der Waals surface area contributed by atoms with Gasteiger partial charge in [0, 0.05) is 6.42 Å². The van der Waals surface area contributed by atoms with E-state index in [1.807, 2.05) is 6.07 Å². The number of nitrogens with two attached hydrogens (primary N) is 2. The van der Waals surface area contributed by atoms with Gasteiger partial charge in [0.25, 0.3) is 0 Å². The summed E-state index contributed by atoms with van der Waals surface area (Å²) in [6.07, 6.45) is 13.1. The lowest BCUT2D eigenvalue weighted by molar-refractivity contribution is -0.143. The second kappa shape index (κ2) is 20.5. The summed E-state index contributed by atoms with van der Waals surface area (Å²) in [4.78, 5) is 47.8. The Bertz CT molecular complexity index is 787. The van der Waals surface area contributed by atoms with Gasteiger partial charge in [0.2, 0.25) is 5.91 Å². The van der Waals surface area contributed by atoms with Gasteiger partial charge in [-0.1, -0.05) is 81.7 Å². The topological polar surface area (TPSA) is 153 Å². The van der Waals surface area contributed by atoms with E-state index < -0.39 is 29.8 Å². The highest BCUT2D eigenvalue weighted by atomic mass is 16.4. The number of rotatable bonds is 23. The van der Waals surface area contributed by atoms with Crippen LogP contribution in [0, 0.1) is 5.92 Å². The number of unbranched alkanes of at least 4 members (excludes halogenated alkanes) is 9. The molecule has 0 fully saturated rings. The molecule has 1 unspecified atom stereocenters. The van der Waals surface area contributed by atoms with Crippen molar-refractivity contribution >= 4 is 23.9 Å². The number of aryl methyl sites for hydroxylation is 1. The number of aldehydes is 1. The van der Waals surface area contributed by atoms with Crippen LogP contribution in [0.3, 0.4) is 0 Å². The third-order valence-corrected chi connectivity index (χ3v) is 6.70. The van der Waals surface area contributed by atoms with Crippen LogP contribution < -0.4 is 16.8 Å². The van der Waals surface area contributed by atoms with Crippen molar-refractivity contribution in [2.45, 2.75) is 108 Å². The first kappa shape index (κ1) is 32.4. The Morgan fingerprint density at radius 3 is 2.03 bits per heavy atom. The molecule has 6 N–H and O–H groups in total. The molecule has 1 amide bonds. The molecule has 1 aromatic rings. The number of Topliss-reactive ketones (excluding diaryl/α,β-unsaturated/α-hetero) is 1. The molecule has 0 aliphatic carbocycles. The SMILES string of the molecule is NCCCC[C@H](N)C(=O)C(C=O)C[C@H](NC(=O)CCCCCCCCCCCc1ccccc1)C(=O)O. The van der Waals surface area contributed by atoms with Crippen LogP contribution in [0.5, 0.6) is 0 Å². The number of carbonyl (C=O) groups excluding carboxylic acids is 3. The standard InChI is InChI=1S/C29H47N3O5/c30-20-14-13-18-25(31)28(35)24(22-33)21-26(29(36)37)32-27(34)19-12-7-5-3-1-2-4-6-9-15-23-16-10-8-11-17-23/h8,10-11,16-17,22,24-26H,1-7,9,12-15,18-21,30-31H2,(H,32,34)(H,36,37)/t24?,25-,26-/m0/s1. The number of ketones is 1. The van der Waals surface area contributed by atoms with E-state index in [2.05, 4.69) is 29.6 Å². The Hall–Kier alpha value is -2.58. The lowest BCUT2D eigenvalue weighted by Crippen LogP contribution is -2.45. The maximum absolute atomic E-state index is 12.4. The molecular weight excluding hydrogens is 470 g/mol. The van der Waals surface area contributed by atoms with Gasteiger partial charge in [0.15, 0.2) is 5.78 Å². The summed E-state index contributed by atoms with van der Waals surface area (Å²) in [5, 5.41) is 11.9. The summed E-state index contributed by atoms with van der Waals surface area (Å²) in [5.74, 6) is -3.31. The molecule has 0 aromatic heterocycles. The molecule has 208 valence electrons. The summed E-state index contributed by atoms with van der Waals surface area (Å²) in [7, 11) is 0. The second-order valence-corrected chi connectivity index (χ2v) is 9.90. The molecular formula is C29H47N3O5. The van der Waals surface area contributed by atoms with Crippen molar-refractivity contribution in [1.82, 2.24) is 5.32 Å². The minimum absolute atomic E-state index is 0.224. The van der Waals surface area contributed by atoms with Crippen molar-refractivity contribution in [2.24, 2.45) is 17.4 Å². The third kappa shape index (κ3) is 15.3. The quantitative estimate of drug-likeness (QED) is 0.0974. The number of carboxylic acids is 1. The lowest BCUT2D eigenvalue weighted by atomic mass is 9.90. The van der Waals surface area contributed by atoms with Crippen molar-refractivity contribution in [3.05, 3.63) is 35.9 Å². The fourth-order valence-electron chi connectivity index (χ4n) is 4.40. The van der Waals surface area contributed by atoms with E-state index in [1.54, 1.807) is 0 Å². The van der Waals surface area contributed by atoms with Gasteiger partial charge in [-0.15, -0.1) is 0 Å². The van der Waals surface area contributed by atoms with Gasteiger partial charge in [-0.2, -0.15) is 0 Å². The molecule has 0 aliphatic heterocycles. The molecule has 0 spiro atoms. The molecule has 3 atom stereocenters. The van der Waals surface area contributed by atoms with Crippen LogP contribution in [0.1, 0.15) is 95.5 Å². The Kier molecular flexibility index (Phi) is 18.0.